The number of hydrogen-bond donors (Lipinski definition) is 4. The molecule has 204 valence electrons. The fourth-order valence-corrected chi connectivity index (χ4v) is 5.43. The molecule has 0 saturated carbocycles. The van der Waals surface area contributed by atoms with Crippen LogP contribution in [-0.4, -0.2) is 69.5 Å². The molecule has 0 aromatic carbocycles. The molecule has 12 heteroatoms. The summed E-state index contributed by atoms with van der Waals surface area (Å²) in [6, 6.07) is -0.208. The molecule has 0 aliphatic carbocycles. The highest BCUT2D eigenvalue weighted by atomic mass is 32.1. The molecule has 3 amide bonds. The average Bonchev–Trinajstić information content (AvgIpc) is 3.60. The van der Waals surface area contributed by atoms with Gasteiger partial charge in [0, 0.05) is 49.0 Å². The number of amides is 3. The number of thiazole rings is 1. The number of piperidine rings is 1. The summed E-state index contributed by atoms with van der Waals surface area (Å²) in [5.41, 5.74) is 3.72. The van der Waals surface area contributed by atoms with Gasteiger partial charge < -0.3 is 26.2 Å². The van der Waals surface area contributed by atoms with Gasteiger partial charge in [-0.05, 0) is 65.2 Å². The largest absolute Gasteiger partial charge is 0.381 e. The molecule has 5 heterocycles. The first kappa shape index (κ1) is 27.4. The van der Waals surface area contributed by atoms with E-state index < -0.39 is 0 Å². The van der Waals surface area contributed by atoms with Crippen LogP contribution in [0.2, 0.25) is 0 Å². The Morgan fingerprint density at radius 1 is 1.21 bits per heavy atom. The summed E-state index contributed by atoms with van der Waals surface area (Å²) in [5.74, 6) is 0.700. The van der Waals surface area contributed by atoms with Gasteiger partial charge >= 0.3 is 6.03 Å². The van der Waals surface area contributed by atoms with Crippen molar-refractivity contribution in [3.63, 3.8) is 0 Å². The van der Waals surface area contributed by atoms with Crippen molar-refractivity contribution in [2.75, 3.05) is 26.7 Å². The Kier molecular flexibility index (Phi) is 9.19. The molecule has 0 spiro atoms. The summed E-state index contributed by atoms with van der Waals surface area (Å²) in [4.78, 5) is 27.2. The van der Waals surface area contributed by atoms with E-state index in [4.69, 9.17) is 0 Å². The molecule has 1 atom stereocenters. The third-order valence-electron chi connectivity index (χ3n) is 6.78. The molecule has 4 N–H and O–H groups in total. The monoisotopic (exact) mass is 539 g/mol. The van der Waals surface area contributed by atoms with Crippen LogP contribution in [0.3, 0.4) is 0 Å². The second-order valence-corrected chi connectivity index (χ2v) is 10.9. The summed E-state index contributed by atoms with van der Waals surface area (Å²) in [6.07, 6.45) is 15.4. The third kappa shape index (κ3) is 7.23. The van der Waals surface area contributed by atoms with Gasteiger partial charge in [-0.15, -0.1) is 11.3 Å². The first-order valence-corrected chi connectivity index (χ1v) is 13.7. The van der Waals surface area contributed by atoms with E-state index in [1.807, 2.05) is 48.0 Å². The van der Waals surface area contributed by atoms with Crippen LogP contribution in [0.5, 0.6) is 0 Å². The summed E-state index contributed by atoms with van der Waals surface area (Å²) in [6.45, 7) is 6.97. The molecule has 0 bridgehead atoms. The number of likely N-dealkylation sites (tertiary alicyclic amines) is 1. The van der Waals surface area contributed by atoms with E-state index >= 15 is 0 Å². The summed E-state index contributed by atoms with van der Waals surface area (Å²) < 4.78 is 3.73. The van der Waals surface area contributed by atoms with Crippen molar-refractivity contribution < 1.29 is 9.59 Å². The Morgan fingerprint density at radius 3 is 2.68 bits per heavy atom. The topological polar surface area (TPSA) is 121 Å². The number of aryl methyl sites for hydroxylation is 2. The maximum Gasteiger partial charge on any atom is 0.319 e. The summed E-state index contributed by atoms with van der Waals surface area (Å²) >= 11 is 1.74. The minimum atomic E-state index is -0.220. The highest BCUT2D eigenvalue weighted by Gasteiger charge is 2.17. The van der Waals surface area contributed by atoms with Gasteiger partial charge in [0.15, 0.2) is 0 Å². The Labute approximate surface area is 227 Å². The molecular weight excluding hydrogens is 502 g/mol. The smallest absolute Gasteiger partial charge is 0.319 e. The van der Waals surface area contributed by atoms with E-state index in [1.165, 1.54) is 28.1 Å². The zero-order chi connectivity index (χ0) is 27.1. The van der Waals surface area contributed by atoms with Crippen LogP contribution < -0.4 is 21.3 Å². The number of rotatable bonds is 7. The summed E-state index contributed by atoms with van der Waals surface area (Å²) in [5, 5.41) is 19.8. The first-order valence-electron chi connectivity index (χ1n) is 12.9. The number of dihydropyridines is 1. The average molecular weight is 540 g/mol. The Morgan fingerprint density at radius 2 is 2.00 bits per heavy atom. The lowest BCUT2D eigenvalue weighted by molar-refractivity contribution is -0.109. The van der Waals surface area contributed by atoms with Crippen molar-refractivity contribution >= 4 is 28.6 Å². The number of aromatic nitrogens is 4. The molecule has 2 aliphatic heterocycles. The highest BCUT2D eigenvalue weighted by Crippen LogP contribution is 2.29. The fourth-order valence-electron chi connectivity index (χ4n) is 4.44. The first-order chi connectivity index (χ1) is 18.3. The second kappa shape index (κ2) is 12.7. The van der Waals surface area contributed by atoms with Crippen LogP contribution in [-0.2, 0) is 11.8 Å². The molecule has 1 saturated heterocycles. The lowest BCUT2D eigenvalue weighted by atomic mass is 9.94. The number of carbonyl (C=O) groups excluding carboxylic acids is 2. The Bertz CT molecular complexity index is 1300. The number of hydrogen-bond acceptors (Lipinski definition) is 7. The SMILES string of the molecule is CC1NC=C(NC(=O)NCCC2CCN(C)CC2)C=C1NC=O.Cc1cnn2cc(-c3cnn(C)c3)sc12. The number of carbonyl (C=O) groups is 2. The van der Waals surface area contributed by atoms with E-state index in [9.17, 15) is 9.59 Å². The van der Waals surface area contributed by atoms with Gasteiger partial charge in [0.2, 0.25) is 6.41 Å². The van der Waals surface area contributed by atoms with E-state index in [0.717, 1.165) is 30.8 Å². The normalized spacial score (nSPS) is 18.1. The van der Waals surface area contributed by atoms with Gasteiger partial charge in [0.1, 0.15) is 4.83 Å². The quantitative estimate of drug-likeness (QED) is 0.343. The number of nitrogens with one attached hydrogen (secondary N) is 4. The number of nitrogens with zero attached hydrogens (tertiary/aromatic N) is 5. The Balaban J connectivity index is 0.000000192. The number of fused-ring (bicyclic) bond motifs is 1. The van der Waals surface area contributed by atoms with Crippen molar-refractivity contribution in [3.05, 3.63) is 54.0 Å². The molecule has 11 nitrogen and oxygen atoms in total. The highest BCUT2D eigenvalue weighted by molar-refractivity contribution is 7.20. The van der Waals surface area contributed by atoms with Crippen LogP contribution in [0.15, 0.2) is 48.5 Å². The van der Waals surface area contributed by atoms with Crippen molar-refractivity contribution in [3.8, 4) is 10.4 Å². The van der Waals surface area contributed by atoms with Crippen molar-refractivity contribution in [1.29, 1.82) is 0 Å². The van der Waals surface area contributed by atoms with Crippen LogP contribution in [0.1, 0.15) is 31.7 Å². The lowest BCUT2D eigenvalue weighted by Crippen LogP contribution is -2.40. The van der Waals surface area contributed by atoms with Gasteiger partial charge in [-0.2, -0.15) is 10.2 Å². The standard InChI is InChI=1S/C16H27N5O2.C10H10N4S/c1-12-15(19-11-22)9-14(10-18-12)20-16(23)17-6-3-13-4-7-21(2)8-5-13;1-7-3-12-14-6-9(15-10(7)14)8-4-11-13(2)5-8/h9-13,18H,3-8H2,1-2H3,(H,19,22)(H2,17,20,23);3-6H,1-2H3. The molecule has 1 unspecified atom stereocenters. The van der Waals surface area contributed by atoms with Crippen molar-refractivity contribution in [1.82, 2.24) is 45.6 Å². The number of urea groups is 1. The predicted molar refractivity (Wildman–Crippen MR) is 149 cm³/mol. The van der Waals surface area contributed by atoms with Gasteiger partial charge in [0.25, 0.3) is 0 Å². The zero-order valence-electron chi connectivity index (χ0n) is 22.4. The molecule has 2 aliphatic rings. The van der Waals surface area contributed by atoms with Crippen LogP contribution >= 0.6 is 11.3 Å². The molecular formula is C26H37N9O2S. The zero-order valence-corrected chi connectivity index (χ0v) is 23.2. The predicted octanol–water partition coefficient (Wildman–Crippen LogP) is 2.59. The van der Waals surface area contributed by atoms with Crippen LogP contribution in [0, 0.1) is 12.8 Å². The minimum absolute atomic E-state index is 0.0123. The van der Waals surface area contributed by atoms with Crippen LogP contribution in [0.25, 0.3) is 15.3 Å². The van der Waals surface area contributed by atoms with Gasteiger partial charge in [-0.1, -0.05) is 0 Å². The maximum atomic E-state index is 11.9. The molecule has 38 heavy (non-hydrogen) atoms. The van der Waals surface area contributed by atoms with Crippen molar-refractivity contribution in [2.24, 2.45) is 13.0 Å². The Hall–Kier alpha value is -3.64. The molecule has 1 fully saturated rings. The van der Waals surface area contributed by atoms with Gasteiger partial charge in [0.05, 0.1) is 29.0 Å². The fraction of sp³-hybridized carbons (Fsp3) is 0.462. The molecule has 5 rings (SSSR count). The summed E-state index contributed by atoms with van der Waals surface area (Å²) in [7, 11) is 4.07. The molecule has 3 aromatic heterocycles. The lowest BCUT2D eigenvalue weighted by Gasteiger charge is -2.28. The number of allylic oxidation sites excluding steroid dienone is 1. The van der Waals surface area contributed by atoms with E-state index in [0.29, 0.717) is 24.6 Å². The minimum Gasteiger partial charge on any atom is -0.381 e. The van der Waals surface area contributed by atoms with E-state index in [2.05, 4.69) is 50.3 Å². The van der Waals surface area contributed by atoms with Crippen LogP contribution in [0.4, 0.5) is 4.79 Å². The van der Waals surface area contributed by atoms with Gasteiger partial charge in [-0.3, -0.25) is 9.48 Å². The van der Waals surface area contributed by atoms with Crippen molar-refractivity contribution in [2.45, 2.75) is 39.2 Å². The van der Waals surface area contributed by atoms with Gasteiger partial charge in [-0.25, -0.2) is 9.31 Å². The molecule has 3 aromatic rings. The van der Waals surface area contributed by atoms with E-state index in [1.54, 1.807) is 23.6 Å². The third-order valence-corrected chi connectivity index (χ3v) is 8.05. The second-order valence-electron chi connectivity index (χ2n) is 9.84. The van der Waals surface area contributed by atoms with E-state index in [-0.39, 0.29) is 12.1 Å². The maximum absolute atomic E-state index is 11.9. The molecule has 0 radical (unpaired) electrons.